The van der Waals surface area contributed by atoms with Crippen LogP contribution in [-0.4, -0.2) is 22.9 Å². The van der Waals surface area contributed by atoms with Gasteiger partial charge in [0.05, 0.1) is 11.8 Å². The van der Waals surface area contributed by atoms with Crippen LogP contribution in [0.2, 0.25) is 0 Å². The van der Waals surface area contributed by atoms with Crippen LogP contribution in [-0.2, 0) is 0 Å². The fourth-order valence-corrected chi connectivity index (χ4v) is 3.19. The summed E-state index contributed by atoms with van der Waals surface area (Å²) in [5.41, 5.74) is 3.12. The maximum absolute atomic E-state index is 13.1. The molecule has 2 aromatic rings. The molecule has 3 rings (SSSR count). The molecule has 0 aliphatic carbocycles. The minimum absolute atomic E-state index is 0.000417. The zero-order valence-electron chi connectivity index (χ0n) is 11.4. The first-order chi connectivity index (χ1) is 10.2. The highest BCUT2D eigenvalue weighted by atomic mass is 32.1. The number of nitrogens with one attached hydrogen (secondary N) is 1. The van der Waals surface area contributed by atoms with Gasteiger partial charge in [0.25, 0.3) is 0 Å². The van der Waals surface area contributed by atoms with Gasteiger partial charge in [-0.25, -0.2) is 9.40 Å². The summed E-state index contributed by atoms with van der Waals surface area (Å²) in [5, 5.41) is 14.1. The van der Waals surface area contributed by atoms with Gasteiger partial charge in [0.1, 0.15) is 5.82 Å². The van der Waals surface area contributed by atoms with Gasteiger partial charge >= 0.3 is 0 Å². The number of hydrazone groups is 1. The average Bonchev–Trinajstić information content (AvgIpc) is 3.16. The molecule has 3 nitrogen and oxygen atoms in total. The van der Waals surface area contributed by atoms with Crippen molar-refractivity contribution in [3.63, 3.8) is 0 Å². The summed E-state index contributed by atoms with van der Waals surface area (Å²) in [4.78, 5) is 0. The maximum atomic E-state index is 13.1. The molecule has 0 radical (unpaired) electrons. The van der Waals surface area contributed by atoms with Gasteiger partial charge in [0.2, 0.25) is 0 Å². The number of hydrogen-bond acceptors (Lipinski definition) is 3. The molecule has 0 bridgehead atoms. The minimum Gasteiger partial charge on any atom is -0.364 e. The maximum Gasteiger partial charge on any atom is 0.189 e. The van der Waals surface area contributed by atoms with E-state index >= 15 is 0 Å². The van der Waals surface area contributed by atoms with Gasteiger partial charge in [-0.3, -0.25) is 0 Å². The smallest absolute Gasteiger partial charge is 0.189 e. The topological polar surface area (TPSA) is 27.6 Å². The van der Waals surface area contributed by atoms with Crippen LogP contribution in [0.1, 0.15) is 23.6 Å². The number of benzene rings is 1. The average molecular weight is 319 g/mol. The number of thiophene rings is 1. The van der Waals surface area contributed by atoms with E-state index in [2.05, 4.69) is 21.9 Å². The van der Waals surface area contributed by atoms with Crippen molar-refractivity contribution < 1.29 is 4.39 Å². The van der Waals surface area contributed by atoms with Gasteiger partial charge in [-0.15, -0.1) is 0 Å². The van der Waals surface area contributed by atoms with Crippen molar-refractivity contribution in [2.24, 2.45) is 5.10 Å². The third-order valence-electron chi connectivity index (χ3n) is 3.44. The second-order valence-electron chi connectivity index (χ2n) is 4.73. The molecule has 0 saturated carbocycles. The van der Waals surface area contributed by atoms with Crippen LogP contribution in [0.4, 0.5) is 4.39 Å². The molecular formula is C15H14FN3S2. The van der Waals surface area contributed by atoms with E-state index in [-0.39, 0.29) is 11.9 Å². The molecular weight excluding hydrogens is 305 g/mol. The van der Waals surface area contributed by atoms with Crippen molar-refractivity contribution in [2.75, 3.05) is 7.05 Å². The summed E-state index contributed by atoms with van der Waals surface area (Å²) < 4.78 is 13.1. The van der Waals surface area contributed by atoms with E-state index < -0.39 is 0 Å². The van der Waals surface area contributed by atoms with E-state index in [9.17, 15) is 4.39 Å². The molecule has 0 saturated heterocycles. The molecule has 0 spiro atoms. The van der Waals surface area contributed by atoms with Crippen LogP contribution in [0.5, 0.6) is 0 Å². The normalized spacial score (nSPS) is 17.7. The summed E-state index contributed by atoms with van der Waals surface area (Å²) in [5.74, 6) is -0.238. The monoisotopic (exact) mass is 319 g/mol. The SMILES string of the molecule is CNC(=S)N1N=C(c2ccsc2)CC1c1ccc(F)cc1. The standard InChI is InChI=1S/C15H14FN3S2/c1-17-15(20)19-14(10-2-4-12(16)5-3-10)8-13(18-19)11-6-7-21-9-11/h2-7,9,14H,8H2,1H3,(H,17,20). The lowest BCUT2D eigenvalue weighted by molar-refractivity contribution is 0.366. The van der Waals surface area contributed by atoms with Gasteiger partial charge < -0.3 is 5.32 Å². The molecule has 1 atom stereocenters. The van der Waals surface area contributed by atoms with Gasteiger partial charge in [-0.2, -0.15) is 16.4 Å². The second-order valence-corrected chi connectivity index (χ2v) is 5.90. The fourth-order valence-electron chi connectivity index (χ4n) is 2.36. The van der Waals surface area contributed by atoms with E-state index in [1.54, 1.807) is 35.5 Å². The first kappa shape index (κ1) is 14.2. The molecule has 108 valence electrons. The number of thiocarbonyl (C=S) groups is 1. The van der Waals surface area contributed by atoms with Gasteiger partial charge in [-0.05, 0) is 46.7 Å². The predicted molar refractivity (Wildman–Crippen MR) is 88.1 cm³/mol. The molecule has 1 unspecified atom stereocenters. The zero-order chi connectivity index (χ0) is 14.8. The summed E-state index contributed by atoms with van der Waals surface area (Å²) in [7, 11) is 1.78. The van der Waals surface area contributed by atoms with E-state index in [4.69, 9.17) is 12.2 Å². The Labute approximate surface area is 132 Å². The van der Waals surface area contributed by atoms with Crippen LogP contribution in [0.15, 0.2) is 46.2 Å². The molecule has 1 aromatic heterocycles. The highest BCUT2D eigenvalue weighted by molar-refractivity contribution is 7.80. The molecule has 0 fully saturated rings. The fraction of sp³-hybridized carbons (Fsp3) is 0.200. The van der Waals surface area contributed by atoms with Crippen LogP contribution in [0.3, 0.4) is 0 Å². The lowest BCUT2D eigenvalue weighted by atomic mass is 10.00. The lowest BCUT2D eigenvalue weighted by Crippen LogP contribution is -2.34. The Bertz CT molecular complexity index is 665. The van der Waals surface area contributed by atoms with Crippen LogP contribution < -0.4 is 5.32 Å². The molecule has 21 heavy (non-hydrogen) atoms. The Morgan fingerprint density at radius 2 is 2.14 bits per heavy atom. The largest absolute Gasteiger partial charge is 0.364 e. The van der Waals surface area contributed by atoms with Crippen molar-refractivity contribution in [3.05, 3.63) is 58.0 Å². The van der Waals surface area contributed by atoms with Crippen molar-refractivity contribution in [3.8, 4) is 0 Å². The molecule has 1 N–H and O–H groups in total. The van der Waals surface area contributed by atoms with Gasteiger partial charge in [-0.1, -0.05) is 12.1 Å². The van der Waals surface area contributed by atoms with Crippen LogP contribution in [0, 0.1) is 5.82 Å². The minimum atomic E-state index is -0.238. The van der Waals surface area contributed by atoms with E-state index in [0.717, 1.165) is 23.3 Å². The summed E-state index contributed by atoms with van der Waals surface area (Å²) >= 11 is 6.98. The second kappa shape index (κ2) is 5.91. The molecule has 2 heterocycles. The van der Waals surface area contributed by atoms with E-state index in [0.29, 0.717) is 5.11 Å². The number of nitrogens with zero attached hydrogens (tertiary/aromatic N) is 2. The summed E-state index contributed by atoms with van der Waals surface area (Å²) in [6, 6.07) is 8.57. The highest BCUT2D eigenvalue weighted by Crippen LogP contribution is 2.33. The third kappa shape index (κ3) is 2.82. The van der Waals surface area contributed by atoms with Gasteiger partial charge in [0.15, 0.2) is 5.11 Å². The van der Waals surface area contributed by atoms with E-state index in [1.165, 1.54) is 12.1 Å². The summed E-state index contributed by atoms with van der Waals surface area (Å²) in [6.45, 7) is 0. The Hall–Kier alpha value is -1.79. The third-order valence-corrected chi connectivity index (χ3v) is 4.52. The Morgan fingerprint density at radius 3 is 2.76 bits per heavy atom. The Morgan fingerprint density at radius 1 is 1.38 bits per heavy atom. The van der Waals surface area contributed by atoms with Crippen molar-refractivity contribution >= 4 is 34.4 Å². The van der Waals surface area contributed by atoms with Crippen molar-refractivity contribution in [1.82, 2.24) is 10.3 Å². The number of halogens is 1. The van der Waals surface area contributed by atoms with Crippen LogP contribution >= 0.6 is 23.6 Å². The molecule has 1 aliphatic heterocycles. The first-order valence-electron chi connectivity index (χ1n) is 6.55. The highest BCUT2D eigenvalue weighted by Gasteiger charge is 2.31. The molecule has 0 amide bonds. The van der Waals surface area contributed by atoms with Crippen molar-refractivity contribution in [1.29, 1.82) is 0 Å². The lowest BCUT2D eigenvalue weighted by Gasteiger charge is -2.23. The number of rotatable bonds is 2. The Balaban J connectivity index is 1.93. The quantitative estimate of drug-likeness (QED) is 0.858. The molecule has 1 aromatic carbocycles. The zero-order valence-corrected chi connectivity index (χ0v) is 13.0. The first-order valence-corrected chi connectivity index (χ1v) is 7.90. The summed E-state index contributed by atoms with van der Waals surface area (Å²) in [6.07, 6.45) is 0.754. The Kier molecular flexibility index (Phi) is 3.98. The predicted octanol–water partition coefficient (Wildman–Crippen LogP) is 3.54. The van der Waals surface area contributed by atoms with Gasteiger partial charge in [0, 0.05) is 19.0 Å². The van der Waals surface area contributed by atoms with Crippen molar-refractivity contribution in [2.45, 2.75) is 12.5 Å². The molecule has 1 aliphatic rings. The molecule has 6 heteroatoms. The van der Waals surface area contributed by atoms with E-state index in [1.807, 2.05) is 5.38 Å². The van der Waals surface area contributed by atoms with Crippen LogP contribution in [0.25, 0.3) is 0 Å². The number of hydrogen-bond donors (Lipinski definition) is 1.